The highest BCUT2D eigenvalue weighted by Crippen LogP contribution is 2.69. The van der Waals surface area contributed by atoms with Crippen molar-refractivity contribution in [2.75, 3.05) is 44.5 Å². The molecule has 3 fully saturated rings. The van der Waals surface area contributed by atoms with Crippen molar-refractivity contribution >= 4 is 22.4 Å². The number of ether oxygens (including phenoxy) is 3. The molecule has 68 heavy (non-hydrogen) atoms. The number of nitrogen functional groups attached to an aromatic ring is 1. The van der Waals surface area contributed by atoms with E-state index in [4.69, 9.17) is 24.9 Å². The first-order valence-corrected chi connectivity index (χ1v) is 23.4. The third-order valence-electron chi connectivity index (χ3n) is 15.3. The van der Waals surface area contributed by atoms with Crippen LogP contribution in [-0.4, -0.2) is 60.2 Å². The molecule has 4 aliphatic rings. The molecule has 1 spiro atoms. The number of aryl methyl sites for hydroxylation is 2. The summed E-state index contributed by atoms with van der Waals surface area (Å²) in [7, 11) is 3.14. The summed E-state index contributed by atoms with van der Waals surface area (Å²) in [5, 5.41) is 0.738. The number of benzene rings is 4. The zero-order chi connectivity index (χ0) is 47.8. The quantitative estimate of drug-likeness (QED) is 0.115. The summed E-state index contributed by atoms with van der Waals surface area (Å²) < 4.78 is 112. The highest BCUT2D eigenvalue weighted by Gasteiger charge is 2.77. The molecular formula is C54H55F6N5O3. The van der Waals surface area contributed by atoms with Gasteiger partial charge in [0.1, 0.15) is 41.3 Å². The number of nitrogens with zero attached hydrogens (tertiary/aromatic N) is 4. The van der Waals surface area contributed by atoms with Gasteiger partial charge >= 0.3 is 6.18 Å². The van der Waals surface area contributed by atoms with E-state index in [1.165, 1.54) is 13.0 Å². The lowest BCUT2D eigenvalue weighted by molar-refractivity contribution is -0.137. The van der Waals surface area contributed by atoms with Crippen molar-refractivity contribution in [1.82, 2.24) is 14.9 Å². The third kappa shape index (κ3) is 8.15. The molecule has 2 aromatic heterocycles. The van der Waals surface area contributed by atoms with Crippen LogP contribution in [-0.2, 0) is 25.7 Å². The van der Waals surface area contributed by atoms with Crippen LogP contribution in [0.25, 0.3) is 22.0 Å². The van der Waals surface area contributed by atoms with Gasteiger partial charge in [0.15, 0.2) is 0 Å². The first-order chi connectivity index (χ1) is 32.5. The van der Waals surface area contributed by atoms with Crippen molar-refractivity contribution in [2.45, 2.75) is 101 Å². The molecule has 4 aromatic carbocycles. The molecule has 2 aliphatic heterocycles. The summed E-state index contributed by atoms with van der Waals surface area (Å²) in [6.45, 7) is 5.11. The van der Waals surface area contributed by atoms with E-state index in [2.05, 4.69) is 16.8 Å². The van der Waals surface area contributed by atoms with E-state index in [1.807, 2.05) is 71.6 Å². The Labute approximate surface area is 392 Å². The molecule has 0 bridgehead atoms. The minimum Gasteiger partial charge on any atom is -0.497 e. The molecule has 10 rings (SSSR count). The Morgan fingerprint density at radius 2 is 1.57 bits per heavy atom. The summed E-state index contributed by atoms with van der Waals surface area (Å²) >= 11 is 0. The van der Waals surface area contributed by atoms with Crippen LogP contribution in [0.2, 0.25) is 0 Å². The lowest BCUT2D eigenvalue weighted by atomic mass is 9.79. The van der Waals surface area contributed by atoms with Crippen LogP contribution in [0.3, 0.4) is 0 Å². The number of halogens is 6. The Kier molecular flexibility index (Phi) is 11.6. The fraction of sp³-hybridized carbons (Fsp3) is 0.407. The number of rotatable bonds is 13. The first-order valence-electron chi connectivity index (χ1n) is 23.4. The molecule has 0 amide bonds. The molecule has 8 nitrogen and oxygen atoms in total. The Morgan fingerprint density at radius 1 is 0.897 bits per heavy atom. The number of anilines is 2. The molecule has 4 atom stereocenters. The number of alkyl halides is 5. The lowest BCUT2D eigenvalue weighted by Gasteiger charge is -2.32. The predicted molar refractivity (Wildman–Crippen MR) is 251 cm³/mol. The van der Waals surface area contributed by atoms with Gasteiger partial charge in [0.2, 0.25) is 0 Å². The van der Waals surface area contributed by atoms with Crippen LogP contribution in [0.5, 0.6) is 17.2 Å². The topological polar surface area (TPSA) is 86.0 Å². The normalized spacial score (nSPS) is 22.2. The van der Waals surface area contributed by atoms with E-state index in [9.17, 15) is 8.78 Å². The second kappa shape index (κ2) is 17.2. The van der Waals surface area contributed by atoms with Gasteiger partial charge < -0.3 is 24.8 Å². The van der Waals surface area contributed by atoms with Crippen molar-refractivity contribution in [3.05, 3.63) is 136 Å². The molecule has 0 radical (unpaired) electrons. The second-order valence-corrected chi connectivity index (χ2v) is 19.5. The number of aromatic nitrogens is 2. The Morgan fingerprint density at radius 3 is 2.19 bits per heavy atom. The number of pyridine rings is 2. The molecule has 1 saturated carbocycles. The Bertz CT molecular complexity index is 2830. The van der Waals surface area contributed by atoms with Gasteiger partial charge in [-0.25, -0.2) is 23.1 Å². The standard InChI is InChI=1S/C54H55F6N5O3/c1-32-22-45(64(26-34-11-15-37(66-3)16-12-34)27-35-13-17-38(67-4)18-14-35)63-49(47(32)54(58,59)60)44-23-36-8-5-9-40(33(2)41-10-6-20-62-50(41)61)42-24-39(25-43(46(36)42)48(44)55)68-31-52-19-7-21-65(52)30-51(28-52)29-53(51,56)57/h6,10-18,20,22-25,33,40H,5,7-9,19,21,26-31H2,1-4H3,(H2,61,62)/t33-,40?,51-,52+/m1/s1. The smallest absolute Gasteiger partial charge is 0.418 e. The van der Waals surface area contributed by atoms with Crippen LogP contribution in [0.4, 0.5) is 38.0 Å². The van der Waals surface area contributed by atoms with E-state index in [-0.39, 0.29) is 60.3 Å². The summed E-state index contributed by atoms with van der Waals surface area (Å²) in [6, 6.07) is 25.1. The molecule has 1 unspecified atom stereocenters. The molecule has 6 aromatic rings. The summed E-state index contributed by atoms with van der Waals surface area (Å²) in [6.07, 6.45) is 0.263. The fourth-order valence-electron chi connectivity index (χ4n) is 11.7. The average molecular weight is 936 g/mol. The number of hydrogen-bond acceptors (Lipinski definition) is 8. The van der Waals surface area contributed by atoms with Crippen LogP contribution < -0.4 is 24.8 Å². The van der Waals surface area contributed by atoms with E-state index in [0.29, 0.717) is 79.2 Å². The number of nitrogens with two attached hydrogens (primary N) is 1. The molecule has 2 aliphatic carbocycles. The van der Waals surface area contributed by atoms with Crippen molar-refractivity contribution in [3.8, 4) is 28.5 Å². The van der Waals surface area contributed by atoms with E-state index >= 15 is 17.6 Å². The highest BCUT2D eigenvalue weighted by atomic mass is 19.4. The third-order valence-corrected chi connectivity index (χ3v) is 15.3. The summed E-state index contributed by atoms with van der Waals surface area (Å²) in [5.41, 5.74) is 6.93. The highest BCUT2D eigenvalue weighted by molar-refractivity contribution is 5.95. The lowest BCUT2D eigenvalue weighted by Crippen LogP contribution is -2.43. The predicted octanol–water partition coefficient (Wildman–Crippen LogP) is 12.4. The molecular weight excluding hydrogens is 881 g/mol. The van der Waals surface area contributed by atoms with E-state index in [1.54, 1.807) is 32.5 Å². The van der Waals surface area contributed by atoms with Gasteiger partial charge in [-0.05, 0) is 157 Å². The van der Waals surface area contributed by atoms with Crippen LogP contribution in [0.1, 0.15) is 96.2 Å². The zero-order valence-electron chi connectivity index (χ0n) is 38.7. The van der Waals surface area contributed by atoms with Crippen molar-refractivity contribution in [1.29, 1.82) is 0 Å². The Hall–Kier alpha value is -6.02. The SMILES string of the molecule is COc1ccc(CN(Cc2ccc(OC)cc2)c2cc(C)c(C(F)(F)F)c(-c3cc4c5c(cc(OC[C@@]67CCCN6C[C@]6(CC6(F)F)C7)cc5c3F)C([C@@H](C)c3cccnc3N)CCC4)n2)cc1. The van der Waals surface area contributed by atoms with Gasteiger partial charge in [-0.15, -0.1) is 0 Å². The zero-order valence-corrected chi connectivity index (χ0v) is 38.7. The molecule has 14 heteroatoms. The maximum absolute atomic E-state index is 18.1. The van der Waals surface area contributed by atoms with Crippen LogP contribution in [0, 0.1) is 18.2 Å². The largest absolute Gasteiger partial charge is 0.497 e. The number of hydrogen-bond donors (Lipinski definition) is 1. The van der Waals surface area contributed by atoms with Crippen LogP contribution >= 0.6 is 0 Å². The van der Waals surface area contributed by atoms with Gasteiger partial charge in [0.05, 0.1) is 36.4 Å². The summed E-state index contributed by atoms with van der Waals surface area (Å²) in [4.78, 5) is 13.2. The second-order valence-electron chi connectivity index (χ2n) is 19.5. The van der Waals surface area contributed by atoms with Crippen LogP contribution in [0.15, 0.2) is 91.1 Å². The van der Waals surface area contributed by atoms with Crippen molar-refractivity contribution in [2.24, 2.45) is 5.41 Å². The maximum Gasteiger partial charge on any atom is 0.418 e. The van der Waals surface area contributed by atoms with Gasteiger partial charge in [-0.3, -0.25) is 4.90 Å². The number of fused-ring (bicyclic) bond motifs is 1. The monoisotopic (exact) mass is 935 g/mol. The van der Waals surface area contributed by atoms with Gasteiger partial charge in [-0.2, -0.15) is 13.2 Å². The minimum absolute atomic E-state index is 0.103. The molecule has 356 valence electrons. The van der Waals surface area contributed by atoms with Gasteiger partial charge in [-0.1, -0.05) is 37.3 Å². The van der Waals surface area contributed by atoms with Gasteiger partial charge in [0.25, 0.3) is 5.92 Å². The fourth-order valence-corrected chi connectivity index (χ4v) is 11.7. The minimum atomic E-state index is -4.89. The maximum atomic E-state index is 18.1. The van der Waals surface area contributed by atoms with Crippen molar-refractivity contribution in [3.63, 3.8) is 0 Å². The first kappa shape index (κ1) is 45.7. The molecule has 2 N–H and O–H groups in total. The van der Waals surface area contributed by atoms with E-state index < -0.39 is 40.1 Å². The van der Waals surface area contributed by atoms with Gasteiger partial charge in [0, 0.05) is 43.2 Å². The Balaban J connectivity index is 1.12. The van der Waals surface area contributed by atoms with Crippen molar-refractivity contribution < 1.29 is 40.6 Å². The molecule has 4 heterocycles. The molecule has 2 saturated heterocycles. The number of methoxy groups -OCH3 is 2. The average Bonchev–Trinajstić information content (AvgIpc) is 3.51. The van der Waals surface area contributed by atoms with E-state index in [0.717, 1.165) is 28.7 Å². The summed E-state index contributed by atoms with van der Waals surface area (Å²) in [5.74, 6) is -1.68.